The summed E-state index contributed by atoms with van der Waals surface area (Å²) in [5, 5.41) is 3.01. The van der Waals surface area contributed by atoms with E-state index in [4.69, 9.17) is 21.1 Å². The van der Waals surface area contributed by atoms with Crippen LogP contribution in [0.1, 0.15) is 20.7 Å². The monoisotopic (exact) mass is 362 g/mol. The summed E-state index contributed by atoms with van der Waals surface area (Å²) in [6, 6.07) is 9.73. The van der Waals surface area contributed by atoms with Crippen molar-refractivity contribution in [3.8, 4) is 11.5 Å². The van der Waals surface area contributed by atoms with Gasteiger partial charge < -0.3 is 19.7 Å². The van der Waals surface area contributed by atoms with E-state index in [-0.39, 0.29) is 16.8 Å². The van der Waals surface area contributed by atoms with Gasteiger partial charge in [0.2, 0.25) is 0 Å². The Balaban J connectivity index is 2.27. The summed E-state index contributed by atoms with van der Waals surface area (Å²) in [4.78, 5) is 26.0. The number of hydrogen-bond acceptors (Lipinski definition) is 4. The SMILES string of the molecule is COc1cc(C(=O)Nc2cccc(C(=O)N(C)C)c2)cc(Cl)c1OC. The first-order chi connectivity index (χ1) is 11.9. The number of nitrogens with zero attached hydrogens (tertiary/aromatic N) is 1. The molecule has 7 heteroatoms. The van der Waals surface area contributed by atoms with Gasteiger partial charge in [-0.3, -0.25) is 9.59 Å². The minimum absolute atomic E-state index is 0.148. The summed E-state index contributed by atoms with van der Waals surface area (Å²) in [6.45, 7) is 0. The number of anilines is 1. The van der Waals surface area contributed by atoms with Crippen molar-refractivity contribution in [2.45, 2.75) is 0 Å². The van der Waals surface area contributed by atoms with E-state index in [1.807, 2.05) is 0 Å². The van der Waals surface area contributed by atoms with Gasteiger partial charge in [0.05, 0.1) is 19.2 Å². The van der Waals surface area contributed by atoms with Gasteiger partial charge in [-0.25, -0.2) is 0 Å². The minimum Gasteiger partial charge on any atom is -0.493 e. The lowest BCUT2D eigenvalue weighted by Gasteiger charge is -2.13. The molecule has 0 radical (unpaired) electrons. The van der Waals surface area contributed by atoms with Crippen LogP contribution in [0.15, 0.2) is 36.4 Å². The van der Waals surface area contributed by atoms with Gasteiger partial charge in [0, 0.05) is 30.9 Å². The van der Waals surface area contributed by atoms with E-state index >= 15 is 0 Å². The number of amides is 2. The van der Waals surface area contributed by atoms with Crippen molar-refractivity contribution in [1.82, 2.24) is 4.90 Å². The highest BCUT2D eigenvalue weighted by atomic mass is 35.5. The van der Waals surface area contributed by atoms with Crippen LogP contribution in [0, 0.1) is 0 Å². The van der Waals surface area contributed by atoms with Gasteiger partial charge >= 0.3 is 0 Å². The van der Waals surface area contributed by atoms with E-state index in [0.29, 0.717) is 28.3 Å². The summed E-state index contributed by atoms with van der Waals surface area (Å²) in [5.41, 5.74) is 1.30. The highest BCUT2D eigenvalue weighted by Crippen LogP contribution is 2.36. The molecule has 0 aromatic heterocycles. The average molecular weight is 363 g/mol. The summed E-state index contributed by atoms with van der Waals surface area (Å²) >= 11 is 6.13. The first-order valence-corrected chi connectivity index (χ1v) is 7.79. The lowest BCUT2D eigenvalue weighted by molar-refractivity contribution is 0.0827. The van der Waals surface area contributed by atoms with E-state index in [2.05, 4.69) is 5.32 Å². The highest BCUT2D eigenvalue weighted by Gasteiger charge is 2.16. The Morgan fingerprint density at radius 1 is 1.04 bits per heavy atom. The Labute approximate surface area is 151 Å². The van der Waals surface area contributed by atoms with Gasteiger partial charge in [-0.05, 0) is 30.3 Å². The predicted molar refractivity (Wildman–Crippen MR) is 97.0 cm³/mol. The summed E-state index contributed by atoms with van der Waals surface area (Å²) in [7, 11) is 6.27. The van der Waals surface area contributed by atoms with Gasteiger partial charge in [-0.1, -0.05) is 17.7 Å². The second-order valence-corrected chi connectivity index (χ2v) is 5.84. The molecule has 2 rings (SSSR count). The van der Waals surface area contributed by atoms with Crippen LogP contribution in [0.3, 0.4) is 0 Å². The van der Waals surface area contributed by atoms with Crippen molar-refractivity contribution in [2.24, 2.45) is 0 Å². The molecule has 0 saturated carbocycles. The van der Waals surface area contributed by atoms with Gasteiger partial charge in [-0.15, -0.1) is 0 Å². The quantitative estimate of drug-likeness (QED) is 0.886. The van der Waals surface area contributed by atoms with Crippen LogP contribution in [-0.4, -0.2) is 45.0 Å². The first kappa shape index (κ1) is 18.6. The Morgan fingerprint density at radius 2 is 1.76 bits per heavy atom. The van der Waals surface area contributed by atoms with Crippen molar-refractivity contribution in [2.75, 3.05) is 33.6 Å². The Bertz CT molecular complexity index is 806. The maximum absolute atomic E-state index is 12.5. The second-order valence-electron chi connectivity index (χ2n) is 5.43. The van der Waals surface area contributed by atoms with E-state index in [1.54, 1.807) is 38.4 Å². The molecule has 0 spiro atoms. The molecule has 0 bridgehead atoms. The van der Waals surface area contributed by atoms with E-state index in [1.165, 1.54) is 31.3 Å². The van der Waals surface area contributed by atoms with Crippen LogP contribution in [0.4, 0.5) is 5.69 Å². The van der Waals surface area contributed by atoms with Gasteiger partial charge in [0.15, 0.2) is 11.5 Å². The number of carbonyl (C=O) groups is 2. The largest absolute Gasteiger partial charge is 0.493 e. The molecule has 2 aromatic carbocycles. The smallest absolute Gasteiger partial charge is 0.255 e. The average Bonchev–Trinajstić information content (AvgIpc) is 2.60. The zero-order valence-electron chi connectivity index (χ0n) is 14.4. The maximum atomic E-state index is 12.5. The molecular weight excluding hydrogens is 344 g/mol. The molecule has 25 heavy (non-hydrogen) atoms. The third-order valence-corrected chi connectivity index (χ3v) is 3.75. The number of nitrogens with one attached hydrogen (secondary N) is 1. The van der Waals surface area contributed by atoms with Crippen molar-refractivity contribution < 1.29 is 19.1 Å². The van der Waals surface area contributed by atoms with E-state index < -0.39 is 0 Å². The molecule has 6 nitrogen and oxygen atoms in total. The summed E-state index contributed by atoms with van der Waals surface area (Å²) in [6.07, 6.45) is 0. The lowest BCUT2D eigenvalue weighted by atomic mass is 10.1. The van der Waals surface area contributed by atoms with E-state index in [0.717, 1.165) is 0 Å². The van der Waals surface area contributed by atoms with Crippen LogP contribution < -0.4 is 14.8 Å². The van der Waals surface area contributed by atoms with Gasteiger partial charge in [0.25, 0.3) is 11.8 Å². The molecule has 0 heterocycles. The number of hydrogen-bond donors (Lipinski definition) is 1. The van der Waals surface area contributed by atoms with Crippen molar-refractivity contribution in [3.05, 3.63) is 52.5 Å². The fourth-order valence-corrected chi connectivity index (χ4v) is 2.53. The fourth-order valence-electron chi connectivity index (χ4n) is 2.24. The number of halogens is 1. The number of methoxy groups -OCH3 is 2. The molecule has 2 amide bonds. The molecule has 0 unspecified atom stereocenters. The molecule has 0 aliphatic rings. The third-order valence-electron chi connectivity index (χ3n) is 3.47. The summed E-state index contributed by atoms with van der Waals surface area (Å²) in [5.74, 6) is 0.193. The maximum Gasteiger partial charge on any atom is 0.255 e. The van der Waals surface area contributed by atoms with Crippen LogP contribution in [0.5, 0.6) is 11.5 Å². The number of benzene rings is 2. The molecule has 0 saturated heterocycles. The first-order valence-electron chi connectivity index (χ1n) is 7.42. The fraction of sp³-hybridized carbons (Fsp3) is 0.222. The van der Waals surface area contributed by atoms with E-state index in [9.17, 15) is 9.59 Å². The standard InChI is InChI=1S/C18H19ClN2O4/c1-21(2)18(23)11-6-5-7-13(8-11)20-17(22)12-9-14(19)16(25-4)15(10-12)24-3/h5-10H,1-4H3,(H,20,22). The predicted octanol–water partition coefficient (Wildman–Crippen LogP) is 3.31. The summed E-state index contributed by atoms with van der Waals surface area (Å²) < 4.78 is 10.3. The minimum atomic E-state index is -0.377. The molecule has 2 aromatic rings. The number of rotatable bonds is 5. The molecule has 0 aliphatic heterocycles. The van der Waals surface area contributed by atoms with Crippen LogP contribution in [-0.2, 0) is 0 Å². The zero-order chi connectivity index (χ0) is 18.6. The molecule has 0 aliphatic carbocycles. The molecule has 132 valence electrons. The Kier molecular flexibility index (Phi) is 5.88. The van der Waals surface area contributed by atoms with Crippen LogP contribution in [0.25, 0.3) is 0 Å². The van der Waals surface area contributed by atoms with Crippen LogP contribution >= 0.6 is 11.6 Å². The molecular formula is C18H19ClN2O4. The highest BCUT2D eigenvalue weighted by molar-refractivity contribution is 6.32. The molecule has 0 fully saturated rings. The van der Waals surface area contributed by atoms with Crippen molar-refractivity contribution in [3.63, 3.8) is 0 Å². The molecule has 0 atom stereocenters. The number of carbonyl (C=O) groups excluding carboxylic acids is 2. The zero-order valence-corrected chi connectivity index (χ0v) is 15.2. The lowest BCUT2D eigenvalue weighted by Crippen LogP contribution is -2.22. The Morgan fingerprint density at radius 3 is 2.36 bits per heavy atom. The van der Waals surface area contributed by atoms with Gasteiger partial charge in [-0.2, -0.15) is 0 Å². The van der Waals surface area contributed by atoms with Crippen molar-refractivity contribution >= 4 is 29.1 Å². The van der Waals surface area contributed by atoms with Crippen molar-refractivity contribution in [1.29, 1.82) is 0 Å². The molecule has 1 N–H and O–H groups in total. The second kappa shape index (κ2) is 7.90. The number of ether oxygens (including phenoxy) is 2. The normalized spacial score (nSPS) is 10.1. The van der Waals surface area contributed by atoms with Gasteiger partial charge in [0.1, 0.15) is 0 Å². The Hall–Kier alpha value is -2.73. The topological polar surface area (TPSA) is 67.9 Å². The third kappa shape index (κ3) is 4.22. The van der Waals surface area contributed by atoms with Crippen LogP contribution in [0.2, 0.25) is 5.02 Å².